The van der Waals surface area contributed by atoms with Gasteiger partial charge in [-0.25, -0.2) is 0 Å². The SMILES string of the molecule is CO[Si](C)(C)CCCCCCCCOCC1CO1. The topological polar surface area (TPSA) is 31.0 Å². The Morgan fingerprint density at radius 1 is 1.06 bits per heavy atom. The second kappa shape index (κ2) is 9.07. The molecule has 0 N–H and O–H groups in total. The van der Waals surface area contributed by atoms with Gasteiger partial charge >= 0.3 is 0 Å². The molecule has 0 amide bonds. The highest BCUT2D eigenvalue weighted by molar-refractivity contribution is 6.71. The van der Waals surface area contributed by atoms with E-state index < -0.39 is 8.32 Å². The van der Waals surface area contributed by atoms with Gasteiger partial charge in [-0.15, -0.1) is 0 Å². The second-order valence-corrected chi connectivity index (χ2v) is 10.3. The predicted octanol–water partition coefficient (Wildman–Crippen LogP) is 3.59. The van der Waals surface area contributed by atoms with E-state index in [0.717, 1.165) is 19.8 Å². The van der Waals surface area contributed by atoms with Crippen molar-refractivity contribution in [3.63, 3.8) is 0 Å². The third-order valence-corrected chi connectivity index (χ3v) is 6.24. The van der Waals surface area contributed by atoms with E-state index >= 15 is 0 Å². The summed E-state index contributed by atoms with van der Waals surface area (Å²) in [6.45, 7) is 7.21. The maximum Gasteiger partial charge on any atom is 0.186 e. The number of unbranched alkanes of at least 4 members (excludes halogenated alkanes) is 5. The van der Waals surface area contributed by atoms with Crippen molar-refractivity contribution >= 4 is 8.32 Å². The van der Waals surface area contributed by atoms with Gasteiger partial charge in [0.2, 0.25) is 0 Å². The van der Waals surface area contributed by atoms with Crippen molar-refractivity contribution < 1.29 is 13.9 Å². The zero-order valence-corrected chi connectivity index (χ0v) is 13.4. The van der Waals surface area contributed by atoms with Gasteiger partial charge in [0.25, 0.3) is 0 Å². The summed E-state index contributed by atoms with van der Waals surface area (Å²) in [5, 5.41) is 0. The zero-order valence-electron chi connectivity index (χ0n) is 12.4. The van der Waals surface area contributed by atoms with Crippen LogP contribution in [0, 0.1) is 0 Å². The van der Waals surface area contributed by atoms with Crippen LogP contribution < -0.4 is 0 Å². The molecule has 1 aliphatic heterocycles. The third-order valence-electron chi connectivity index (χ3n) is 3.58. The van der Waals surface area contributed by atoms with Gasteiger partial charge in [0.1, 0.15) is 6.10 Å². The highest BCUT2D eigenvalue weighted by atomic mass is 28.4. The molecule has 3 nitrogen and oxygen atoms in total. The Morgan fingerprint density at radius 3 is 2.28 bits per heavy atom. The molecule has 18 heavy (non-hydrogen) atoms. The fourth-order valence-electron chi connectivity index (χ4n) is 1.94. The van der Waals surface area contributed by atoms with Gasteiger partial charge in [-0.1, -0.05) is 32.1 Å². The number of hydrogen-bond donors (Lipinski definition) is 0. The summed E-state index contributed by atoms with van der Waals surface area (Å²) in [5.41, 5.74) is 0. The van der Waals surface area contributed by atoms with Crippen LogP contribution in [0.3, 0.4) is 0 Å². The first kappa shape index (κ1) is 16.2. The lowest BCUT2D eigenvalue weighted by molar-refractivity contribution is 0.113. The van der Waals surface area contributed by atoms with Gasteiger partial charge in [0, 0.05) is 13.7 Å². The van der Waals surface area contributed by atoms with Crippen LogP contribution >= 0.6 is 0 Å². The Hall–Kier alpha value is 0.0969. The summed E-state index contributed by atoms with van der Waals surface area (Å²) < 4.78 is 16.1. The molecule has 0 spiro atoms. The maximum absolute atomic E-state index is 5.55. The fraction of sp³-hybridized carbons (Fsp3) is 1.00. The Bertz CT molecular complexity index is 205. The summed E-state index contributed by atoms with van der Waals surface area (Å²) in [5.74, 6) is 0. The molecule has 0 radical (unpaired) electrons. The standard InChI is InChI=1S/C14H30O3Si/c1-15-18(2,3)11-9-7-5-4-6-8-10-16-12-14-13-17-14/h14H,4-13H2,1-3H3. The van der Waals surface area contributed by atoms with Crippen molar-refractivity contribution in [3.05, 3.63) is 0 Å². The summed E-state index contributed by atoms with van der Waals surface area (Å²) in [7, 11) is 0.560. The van der Waals surface area contributed by atoms with Crippen LogP contribution in [0.5, 0.6) is 0 Å². The van der Waals surface area contributed by atoms with Crippen LogP contribution in [0.4, 0.5) is 0 Å². The van der Waals surface area contributed by atoms with Crippen molar-refractivity contribution in [1.82, 2.24) is 0 Å². The van der Waals surface area contributed by atoms with Gasteiger partial charge in [-0.2, -0.15) is 0 Å². The van der Waals surface area contributed by atoms with Crippen LogP contribution in [0.1, 0.15) is 38.5 Å². The first-order valence-corrected chi connectivity index (χ1v) is 10.5. The van der Waals surface area contributed by atoms with E-state index in [2.05, 4.69) is 13.1 Å². The molecule has 1 unspecified atom stereocenters. The van der Waals surface area contributed by atoms with Gasteiger partial charge in [-0.3, -0.25) is 0 Å². The minimum Gasteiger partial charge on any atom is -0.420 e. The van der Waals surface area contributed by atoms with Crippen LogP contribution in [-0.2, 0) is 13.9 Å². The minimum atomic E-state index is -1.30. The van der Waals surface area contributed by atoms with E-state index in [1.807, 2.05) is 7.11 Å². The van der Waals surface area contributed by atoms with Gasteiger partial charge in [-0.05, 0) is 25.6 Å². The Balaban J connectivity index is 1.72. The largest absolute Gasteiger partial charge is 0.420 e. The van der Waals surface area contributed by atoms with Crippen LogP contribution in [-0.4, -0.2) is 41.4 Å². The van der Waals surface area contributed by atoms with E-state index in [-0.39, 0.29) is 0 Å². The van der Waals surface area contributed by atoms with Gasteiger partial charge in [0.15, 0.2) is 8.32 Å². The molecule has 1 saturated heterocycles. The van der Waals surface area contributed by atoms with Crippen molar-refractivity contribution in [2.24, 2.45) is 0 Å². The monoisotopic (exact) mass is 274 g/mol. The van der Waals surface area contributed by atoms with Crippen molar-refractivity contribution in [2.45, 2.75) is 63.8 Å². The molecule has 1 fully saturated rings. The molecule has 1 aliphatic rings. The number of hydrogen-bond acceptors (Lipinski definition) is 3. The van der Waals surface area contributed by atoms with E-state index in [9.17, 15) is 0 Å². The number of ether oxygens (including phenoxy) is 2. The first-order valence-electron chi connectivity index (χ1n) is 7.38. The lowest BCUT2D eigenvalue weighted by Crippen LogP contribution is -2.27. The highest BCUT2D eigenvalue weighted by Gasteiger charge is 2.22. The molecule has 108 valence electrons. The Morgan fingerprint density at radius 2 is 1.67 bits per heavy atom. The first-order chi connectivity index (χ1) is 8.64. The van der Waals surface area contributed by atoms with E-state index in [4.69, 9.17) is 13.9 Å². The van der Waals surface area contributed by atoms with Crippen LogP contribution in [0.25, 0.3) is 0 Å². The van der Waals surface area contributed by atoms with Crippen LogP contribution in [0.2, 0.25) is 19.1 Å². The van der Waals surface area contributed by atoms with Gasteiger partial charge < -0.3 is 13.9 Å². The van der Waals surface area contributed by atoms with E-state index in [0.29, 0.717) is 6.10 Å². The molecule has 1 heterocycles. The molecule has 0 aromatic rings. The summed E-state index contributed by atoms with van der Waals surface area (Å²) in [6.07, 6.45) is 8.32. The molecule has 0 saturated carbocycles. The molecule has 0 aromatic carbocycles. The maximum atomic E-state index is 5.55. The lowest BCUT2D eigenvalue weighted by Gasteiger charge is -2.19. The van der Waals surface area contributed by atoms with Crippen molar-refractivity contribution in [2.75, 3.05) is 26.9 Å². The summed E-state index contributed by atoms with van der Waals surface area (Å²) in [4.78, 5) is 0. The molecule has 1 atom stereocenters. The summed E-state index contributed by atoms with van der Waals surface area (Å²) >= 11 is 0. The average molecular weight is 274 g/mol. The molecule has 0 bridgehead atoms. The molecule has 0 aliphatic carbocycles. The van der Waals surface area contributed by atoms with E-state index in [1.165, 1.54) is 44.6 Å². The smallest absolute Gasteiger partial charge is 0.186 e. The van der Waals surface area contributed by atoms with Crippen LogP contribution in [0.15, 0.2) is 0 Å². The summed E-state index contributed by atoms with van der Waals surface area (Å²) in [6, 6.07) is 1.30. The second-order valence-electron chi connectivity index (χ2n) is 5.87. The Labute approximate surface area is 113 Å². The quantitative estimate of drug-likeness (QED) is 0.309. The predicted molar refractivity (Wildman–Crippen MR) is 77.6 cm³/mol. The number of epoxide rings is 1. The van der Waals surface area contributed by atoms with Crippen molar-refractivity contribution in [3.8, 4) is 0 Å². The lowest BCUT2D eigenvalue weighted by atomic mass is 10.1. The minimum absolute atomic E-state index is 0.415. The van der Waals surface area contributed by atoms with E-state index in [1.54, 1.807) is 0 Å². The average Bonchev–Trinajstić information content (AvgIpc) is 3.15. The Kier molecular flexibility index (Phi) is 8.14. The normalized spacial score (nSPS) is 19.2. The fourth-order valence-corrected chi connectivity index (χ4v) is 3.25. The van der Waals surface area contributed by atoms with Gasteiger partial charge in [0.05, 0.1) is 13.2 Å². The highest BCUT2D eigenvalue weighted by Crippen LogP contribution is 2.16. The molecular formula is C14H30O3Si. The molecular weight excluding hydrogens is 244 g/mol. The zero-order chi connectivity index (χ0) is 13.3. The third kappa shape index (κ3) is 9.08. The molecule has 4 heteroatoms. The molecule has 1 rings (SSSR count). The molecule has 0 aromatic heterocycles. The number of rotatable bonds is 12. The van der Waals surface area contributed by atoms with Crippen molar-refractivity contribution in [1.29, 1.82) is 0 Å².